The molecule has 0 aliphatic heterocycles. The van der Waals surface area contributed by atoms with Crippen molar-refractivity contribution in [2.45, 2.75) is 13.8 Å². The van der Waals surface area contributed by atoms with Gasteiger partial charge in [0.05, 0.1) is 0 Å². The van der Waals surface area contributed by atoms with Gasteiger partial charge in [0.25, 0.3) is 0 Å². The number of aromatic nitrogens is 1. The first-order valence-corrected chi connectivity index (χ1v) is 7.69. The van der Waals surface area contributed by atoms with E-state index in [2.05, 4.69) is 4.98 Å². The molecular weight excluding hydrogens is 309 g/mol. The fourth-order valence-corrected chi connectivity index (χ4v) is 2.99. The summed E-state index contributed by atoms with van der Waals surface area (Å²) in [7, 11) is 1.55. The van der Waals surface area contributed by atoms with E-state index in [0.29, 0.717) is 5.88 Å². The van der Waals surface area contributed by atoms with Crippen LogP contribution in [0.2, 0.25) is 0 Å². The third-order valence-corrected chi connectivity index (χ3v) is 4.14. The molecule has 19 heavy (non-hydrogen) atoms. The zero-order chi connectivity index (χ0) is 14.3. The van der Waals surface area contributed by atoms with Crippen molar-refractivity contribution >= 4 is 31.9 Å². The second-order valence-corrected chi connectivity index (χ2v) is 5.67. The summed E-state index contributed by atoms with van der Waals surface area (Å²) in [6.45, 7) is 3.32. The number of Topliss-reactive ketones (excluding diaryl/α,β-unsaturated/α-hetero) is 1. The van der Waals surface area contributed by atoms with Crippen molar-refractivity contribution in [2.24, 2.45) is 0 Å². The minimum atomic E-state index is -0.563. The average molecular weight is 324 g/mol. The first-order valence-electron chi connectivity index (χ1n) is 5.67. The standard InChI is InChI=1S/C13H15AsNO4/c1-4-19-13(17)11(9(2)16)7-14-10-5-6-12(18-3)15-8-10/h5-8H,4H2,1-3H3. The number of hydrogen-bond acceptors (Lipinski definition) is 5. The number of carbonyl (C=O) groups excluding carboxylic acids is 2. The van der Waals surface area contributed by atoms with Gasteiger partial charge in [-0.1, -0.05) is 0 Å². The zero-order valence-electron chi connectivity index (χ0n) is 11.0. The second-order valence-electron chi connectivity index (χ2n) is 3.51. The van der Waals surface area contributed by atoms with E-state index in [9.17, 15) is 9.59 Å². The molecule has 1 radical (unpaired) electrons. The molecule has 0 bridgehead atoms. The number of methoxy groups -OCH3 is 1. The van der Waals surface area contributed by atoms with Crippen LogP contribution in [0.3, 0.4) is 0 Å². The minimum absolute atomic E-state index is 0.109. The van der Waals surface area contributed by atoms with Crippen LogP contribution in [-0.2, 0) is 14.3 Å². The number of ketones is 1. The molecule has 0 fully saturated rings. The van der Waals surface area contributed by atoms with E-state index < -0.39 is 21.7 Å². The fourth-order valence-electron chi connectivity index (χ4n) is 1.20. The molecule has 0 amide bonds. The number of esters is 1. The molecule has 0 aliphatic rings. The Kier molecular flexibility index (Phi) is 6.29. The summed E-state index contributed by atoms with van der Waals surface area (Å²) in [6, 6.07) is 3.61. The molecule has 1 aromatic rings. The SMILES string of the molecule is CCOC(=O)C(=C[As]c1ccc(OC)nc1)C(C)=O. The number of pyridine rings is 1. The Morgan fingerprint density at radius 2 is 2.16 bits per heavy atom. The first-order chi connectivity index (χ1) is 9.08. The third kappa shape index (κ3) is 4.87. The van der Waals surface area contributed by atoms with Gasteiger partial charge in [-0.05, 0) is 0 Å². The number of rotatable bonds is 6. The molecule has 0 aromatic carbocycles. The molecular formula is C13H15AsNO4. The summed E-state index contributed by atoms with van der Waals surface area (Å²) in [5, 5.41) is 0. The van der Waals surface area contributed by atoms with E-state index in [0.717, 1.165) is 4.35 Å². The Morgan fingerprint density at radius 1 is 1.42 bits per heavy atom. The second kappa shape index (κ2) is 7.74. The molecule has 101 valence electrons. The summed E-state index contributed by atoms with van der Waals surface area (Å²) in [5.41, 5.74) is 0.109. The predicted molar refractivity (Wildman–Crippen MR) is 71.6 cm³/mol. The van der Waals surface area contributed by atoms with Crippen molar-refractivity contribution in [1.29, 1.82) is 0 Å². The van der Waals surface area contributed by atoms with Crippen molar-refractivity contribution in [1.82, 2.24) is 4.98 Å². The summed E-state index contributed by atoms with van der Waals surface area (Å²) in [6.07, 6.45) is 1.68. The maximum absolute atomic E-state index is 11.6. The Labute approximate surface area is 118 Å². The van der Waals surface area contributed by atoms with Gasteiger partial charge in [0, 0.05) is 0 Å². The number of carbonyl (C=O) groups is 2. The van der Waals surface area contributed by atoms with Crippen LogP contribution < -0.4 is 9.09 Å². The van der Waals surface area contributed by atoms with E-state index in [-0.39, 0.29) is 18.0 Å². The monoisotopic (exact) mass is 324 g/mol. The van der Waals surface area contributed by atoms with Gasteiger partial charge in [0.15, 0.2) is 0 Å². The molecule has 0 unspecified atom stereocenters. The van der Waals surface area contributed by atoms with E-state index in [4.69, 9.17) is 9.47 Å². The van der Waals surface area contributed by atoms with Crippen LogP contribution in [0, 0.1) is 0 Å². The Morgan fingerprint density at radius 3 is 2.63 bits per heavy atom. The molecule has 0 N–H and O–H groups in total. The average Bonchev–Trinajstić information content (AvgIpc) is 2.39. The molecule has 0 saturated carbocycles. The Bertz CT molecular complexity index is 482. The van der Waals surface area contributed by atoms with Crippen LogP contribution in [-0.4, -0.2) is 46.2 Å². The molecule has 1 rings (SSSR count). The van der Waals surface area contributed by atoms with Crippen LogP contribution in [0.1, 0.15) is 13.8 Å². The predicted octanol–water partition coefficient (Wildman–Crippen LogP) is 0.456. The third-order valence-electron chi connectivity index (χ3n) is 2.15. The van der Waals surface area contributed by atoms with Gasteiger partial charge >= 0.3 is 118 Å². The molecule has 0 spiro atoms. The van der Waals surface area contributed by atoms with E-state index in [1.54, 1.807) is 31.2 Å². The molecule has 5 nitrogen and oxygen atoms in total. The van der Waals surface area contributed by atoms with Crippen LogP contribution in [0.5, 0.6) is 5.88 Å². The molecule has 0 atom stereocenters. The van der Waals surface area contributed by atoms with Crippen LogP contribution in [0.4, 0.5) is 0 Å². The van der Waals surface area contributed by atoms with E-state index in [1.807, 2.05) is 6.07 Å². The van der Waals surface area contributed by atoms with Gasteiger partial charge in [-0.3, -0.25) is 0 Å². The summed E-state index contributed by atoms with van der Waals surface area (Å²) < 4.78 is 10.8. The summed E-state index contributed by atoms with van der Waals surface area (Å²) in [5.74, 6) is -0.312. The fraction of sp³-hybridized carbons (Fsp3) is 0.308. The Hall–Kier alpha value is -1.61. The summed E-state index contributed by atoms with van der Waals surface area (Å²) in [4.78, 5) is 28.7. The topological polar surface area (TPSA) is 65.5 Å². The van der Waals surface area contributed by atoms with Crippen LogP contribution in [0.15, 0.2) is 28.8 Å². The maximum atomic E-state index is 11.6. The van der Waals surface area contributed by atoms with Crippen LogP contribution >= 0.6 is 0 Å². The van der Waals surface area contributed by atoms with Crippen molar-refractivity contribution in [3.8, 4) is 5.88 Å². The van der Waals surface area contributed by atoms with Crippen molar-refractivity contribution < 1.29 is 19.1 Å². The molecule has 1 aromatic heterocycles. The zero-order valence-corrected chi connectivity index (χ0v) is 12.9. The van der Waals surface area contributed by atoms with E-state index in [1.165, 1.54) is 6.92 Å². The van der Waals surface area contributed by atoms with Crippen LogP contribution in [0.25, 0.3) is 0 Å². The number of hydrogen-bond donors (Lipinski definition) is 0. The van der Waals surface area contributed by atoms with Gasteiger partial charge in [-0.15, -0.1) is 0 Å². The molecule has 0 aliphatic carbocycles. The van der Waals surface area contributed by atoms with Gasteiger partial charge in [-0.25, -0.2) is 0 Å². The molecule has 6 heteroatoms. The quantitative estimate of drug-likeness (QED) is 0.250. The summed E-state index contributed by atoms with van der Waals surface area (Å²) >= 11 is -0.457. The van der Waals surface area contributed by atoms with Crippen molar-refractivity contribution in [3.05, 3.63) is 28.8 Å². The van der Waals surface area contributed by atoms with Crippen molar-refractivity contribution in [3.63, 3.8) is 0 Å². The molecule has 0 saturated heterocycles. The van der Waals surface area contributed by atoms with Gasteiger partial charge in [-0.2, -0.15) is 0 Å². The van der Waals surface area contributed by atoms with Crippen molar-refractivity contribution in [2.75, 3.05) is 13.7 Å². The van der Waals surface area contributed by atoms with Gasteiger partial charge in [0.1, 0.15) is 0 Å². The number of nitrogens with zero attached hydrogens (tertiary/aromatic N) is 1. The number of ether oxygens (including phenoxy) is 2. The van der Waals surface area contributed by atoms with E-state index >= 15 is 0 Å². The Balaban J connectivity index is 2.79. The van der Waals surface area contributed by atoms with Gasteiger partial charge < -0.3 is 0 Å². The van der Waals surface area contributed by atoms with Gasteiger partial charge in [0.2, 0.25) is 0 Å². The molecule has 1 heterocycles. The normalized spacial score (nSPS) is 11.6. The first kappa shape index (κ1) is 15.4.